The first kappa shape index (κ1) is 25.4. The van der Waals surface area contributed by atoms with Crippen LogP contribution in [0.2, 0.25) is 0 Å². The molecular formula is C20H17F3N4O4S3. The van der Waals surface area contributed by atoms with Gasteiger partial charge in [-0.05, 0) is 73.2 Å². The average Bonchev–Trinajstić information content (AvgIpc) is 3.12. The minimum atomic E-state index is -4.79. The van der Waals surface area contributed by atoms with Gasteiger partial charge in [0.05, 0.1) is 21.0 Å². The third kappa shape index (κ3) is 6.66. The zero-order chi connectivity index (χ0) is 25.1. The molecule has 180 valence electrons. The van der Waals surface area contributed by atoms with Gasteiger partial charge in [-0.25, -0.2) is 13.6 Å². The summed E-state index contributed by atoms with van der Waals surface area (Å²) in [6.07, 6.45) is -4.79. The summed E-state index contributed by atoms with van der Waals surface area (Å²) in [5.74, 6) is -0.454. The van der Waals surface area contributed by atoms with Crippen molar-refractivity contribution in [3.05, 3.63) is 59.5 Å². The van der Waals surface area contributed by atoms with Gasteiger partial charge >= 0.3 is 6.36 Å². The van der Waals surface area contributed by atoms with Crippen LogP contribution in [0.4, 0.5) is 18.9 Å². The molecule has 1 aromatic heterocycles. The van der Waals surface area contributed by atoms with Gasteiger partial charge in [-0.15, -0.1) is 24.5 Å². The Kier molecular flexibility index (Phi) is 7.45. The van der Waals surface area contributed by atoms with Crippen molar-refractivity contribution < 1.29 is 31.4 Å². The Hall–Kier alpha value is -3.20. The smallest absolute Gasteiger partial charge is 0.506 e. The number of sulfonamides is 1. The van der Waals surface area contributed by atoms with Crippen molar-refractivity contribution in [1.29, 1.82) is 0 Å². The number of ether oxygens (including phenoxy) is 1. The van der Waals surface area contributed by atoms with Crippen molar-refractivity contribution in [2.45, 2.75) is 18.2 Å². The summed E-state index contributed by atoms with van der Waals surface area (Å²) in [5.41, 5.74) is 4.42. The van der Waals surface area contributed by atoms with E-state index in [0.29, 0.717) is 27.4 Å². The molecule has 2 aromatic carbocycles. The summed E-state index contributed by atoms with van der Waals surface area (Å²) >= 11 is 6.34. The van der Waals surface area contributed by atoms with Gasteiger partial charge in [-0.3, -0.25) is 5.43 Å². The number of benzene rings is 2. The van der Waals surface area contributed by atoms with Crippen molar-refractivity contribution in [1.82, 2.24) is 5.43 Å². The maximum Gasteiger partial charge on any atom is 0.573 e. The van der Waals surface area contributed by atoms with Crippen LogP contribution in [0.1, 0.15) is 12.5 Å². The van der Waals surface area contributed by atoms with E-state index in [4.69, 9.17) is 17.4 Å². The molecule has 34 heavy (non-hydrogen) atoms. The van der Waals surface area contributed by atoms with Gasteiger partial charge in [0.15, 0.2) is 5.11 Å². The van der Waals surface area contributed by atoms with E-state index in [9.17, 15) is 26.7 Å². The van der Waals surface area contributed by atoms with Crippen LogP contribution in [-0.2, 0) is 10.0 Å². The first-order chi connectivity index (χ1) is 15.8. The van der Waals surface area contributed by atoms with E-state index in [1.165, 1.54) is 47.7 Å². The zero-order valence-corrected chi connectivity index (χ0v) is 19.7. The highest BCUT2D eigenvalue weighted by molar-refractivity contribution is 7.89. The number of nitrogens with zero attached hydrogens (tertiary/aromatic N) is 1. The molecule has 0 unspecified atom stereocenters. The van der Waals surface area contributed by atoms with Crippen LogP contribution >= 0.6 is 23.6 Å². The average molecular weight is 531 g/mol. The topological polar surface area (TPSA) is 126 Å². The number of rotatable bonds is 6. The van der Waals surface area contributed by atoms with Crippen LogP contribution < -0.4 is 20.6 Å². The molecule has 0 atom stereocenters. The van der Waals surface area contributed by atoms with E-state index in [0.717, 1.165) is 12.1 Å². The number of thiocarbonyl (C=S) groups is 1. The lowest BCUT2D eigenvalue weighted by molar-refractivity contribution is -0.274. The van der Waals surface area contributed by atoms with Crippen LogP contribution in [0.5, 0.6) is 11.5 Å². The van der Waals surface area contributed by atoms with Crippen molar-refractivity contribution in [2.75, 3.05) is 5.32 Å². The predicted octanol–water partition coefficient (Wildman–Crippen LogP) is 4.38. The second-order valence-electron chi connectivity index (χ2n) is 6.73. The van der Waals surface area contributed by atoms with Crippen molar-refractivity contribution in [2.24, 2.45) is 10.2 Å². The maximum absolute atomic E-state index is 12.3. The molecule has 0 aliphatic carbocycles. The highest BCUT2D eigenvalue weighted by Gasteiger charge is 2.31. The van der Waals surface area contributed by atoms with Gasteiger partial charge in [0.1, 0.15) is 11.5 Å². The van der Waals surface area contributed by atoms with E-state index >= 15 is 0 Å². The SMILES string of the molecule is CC(=NNC(=S)Nc1ccc(S(N)(=O)=O)cc1)c1csc(-c2ccc(OC(F)(F)F)cc2)c1O. The maximum atomic E-state index is 12.3. The minimum absolute atomic E-state index is 0.0444. The Morgan fingerprint density at radius 1 is 1.15 bits per heavy atom. The monoisotopic (exact) mass is 530 g/mol. The first-order valence-electron chi connectivity index (χ1n) is 9.24. The fraction of sp³-hybridized carbons (Fsp3) is 0.100. The van der Waals surface area contributed by atoms with Crippen LogP contribution in [-0.4, -0.2) is 30.7 Å². The normalized spacial score (nSPS) is 12.3. The molecule has 5 N–H and O–H groups in total. The Labute approximate surface area is 201 Å². The number of hydrogen-bond donors (Lipinski definition) is 4. The molecule has 3 rings (SSSR count). The van der Waals surface area contributed by atoms with E-state index in [1.807, 2.05) is 0 Å². The zero-order valence-electron chi connectivity index (χ0n) is 17.3. The number of hydrazone groups is 1. The predicted molar refractivity (Wildman–Crippen MR) is 127 cm³/mol. The third-order valence-corrected chi connectivity index (χ3v) is 6.41. The summed E-state index contributed by atoms with van der Waals surface area (Å²) in [6.45, 7) is 1.63. The van der Waals surface area contributed by atoms with Gasteiger partial charge in [-0.2, -0.15) is 5.10 Å². The van der Waals surface area contributed by atoms with Crippen molar-refractivity contribution in [3.8, 4) is 21.9 Å². The molecule has 0 aliphatic heterocycles. The van der Waals surface area contributed by atoms with Gasteiger partial charge in [0.25, 0.3) is 0 Å². The van der Waals surface area contributed by atoms with E-state index < -0.39 is 16.4 Å². The third-order valence-electron chi connectivity index (χ3n) is 4.27. The molecule has 0 bridgehead atoms. The lowest BCUT2D eigenvalue weighted by atomic mass is 10.1. The molecule has 0 fully saturated rings. The number of nitrogens with one attached hydrogen (secondary N) is 2. The highest BCUT2D eigenvalue weighted by atomic mass is 32.2. The number of alkyl halides is 3. The summed E-state index contributed by atoms with van der Waals surface area (Å²) in [6, 6.07) is 10.7. The summed E-state index contributed by atoms with van der Waals surface area (Å²) < 4.78 is 63.4. The first-order valence-corrected chi connectivity index (χ1v) is 12.1. The van der Waals surface area contributed by atoms with Crippen LogP contribution in [0.3, 0.4) is 0 Å². The van der Waals surface area contributed by atoms with Gasteiger partial charge < -0.3 is 15.2 Å². The fourth-order valence-corrected chi connectivity index (χ4v) is 4.39. The van der Waals surface area contributed by atoms with Crippen molar-refractivity contribution in [3.63, 3.8) is 0 Å². The second kappa shape index (κ2) is 9.97. The van der Waals surface area contributed by atoms with Gasteiger partial charge in [0.2, 0.25) is 10.0 Å². The van der Waals surface area contributed by atoms with E-state index in [-0.39, 0.29) is 21.5 Å². The number of aromatic hydroxyl groups is 1. The van der Waals surface area contributed by atoms with E-state index in [2.05, 4.69) is 20.6 Å². The quantitative estimate of drug-likeness (QED) is 0.212. The number of halogens is 3. The Morgan fingerprint density at radius 2 is 1.76 bits per heavy atom. The lowest BCUT2D eigenvalue weighted by Gasteiger charge is -2.09. The molecule has 0 aliphatic rings. The molecular weight excluding hydrogens is 513 g/mol. The fourth-order valence-electron chi connectivity index (χ4n) is 2.70. The largest absolute Gasteiger partial charge is 0.573 e. The minimum Gasteiger partial charge on any atom is -0.506 e. The number of thiophene rings is 1. The Bertz CT molecular complexity index is 1320. The molecule has 3 aromatic rings. The Morgan fingerprint density at radius 3 is 2.32 bits per heavy atom. The molecule has 0 spiro atoms. The standard InChI is InChI=1S/C20H17F3N4O4S3/c1-11(26-27-19(32)25-13-4-8-15(9-5-13)34(24,29)30)16-10-33-18(17(16)28)12-2-6-14(7-3-12)31-20(21,22)23/h2-10,28H,1H3,(H2,24,29,30)(H2,25,27,32). The number of hydrogen-bond acceptors (Lipinski definition) is 7. The molecule has 0 saturated carbocycles. The second-order valence-corrected chi connectivity index (χ2v) is 9.58. The van der Waals surface area contributed by atoms with Crippen molar-refractivity contribution >= 4 is 50.1 Å². The number of nitrogens with two attached hydrogens (primary N) is 1. The van der Waals surface area contributed by atoms with Gasteiger partial charge in [0, 0.05) is 11.1 Å². The molecule has 1 heterocycles. The van der Waals surface area contributed by atoms with Crippen LogP contribution in [0.25, 0.3) is 10.4 Å². The summed E-state index contributed by atoms with van der Waals surface area (Å²) in [7, 11) is -3.80. The van der Waals surface area contributed by atoms with Crippen LogP contribution in [0.15, 0.2) is 63.9 Å². The molecule has 0 saturated heterocycles. The van der Waals surface area contributed by atoms with E-state index in [1.54, 1.807) is 12.3 Å². The lowest BCUT2D eigenvalue weighted by Crippen LogP contribution is -2.25. The summed E-state index contributed by atoms with van der Waals surface area (Å²) in [5, 5.41) is 24.3. The van der Waals surface area contributed by atoms with Crippen LogP contribution in [0, 0.1) is 0 Å². The molecule has 0 radical (unpaired) electrons. The molecule has 0 amide bonds. The van der Waals surface area contributed by atoms with Gasteiger partial charge in [-0.1, -0.05) is 0 Å². The Balaban J connectivity index is 1.66. The summed E-state index contributed by atoms with van der Waals surface area (Å²) in [4.78, 5) is 0.399. The number of anilines is 1. The molecule has 8 nitrogen and oxygen atoms in total. The number of primary sulfonamides is 1. The molecule has 14 heteroatoms. The highest BCUT2D eigenvalue weighted by Crippen LogP contribution is 2.39.